The highest BCUT2D eigenvalue weighted by atomic mass is 16.5. The zero-order chi connectivity index (χ0) is 15.2. The van der Waals surface area contributed by atoms with Crippen LogP contribution < -0.4 is 14.8 Å². The number of furan rings is 1. The van der Waals surface area contributed by atoms with Gasteiger partial charge in [0, 0.05) is 17.7 Å². The number of ether oxygens (including phenoxy) is 2. The van der Waals surface area contributed by atoms with Crippen LogP contribution in [0.2, 0.25) is 0 Å². The monoisotopic (exact) mass is 291 g/mol. The van der Waals surface area contributed by atoms with Crippen LogP contribution in [-0.4, -0.2) is 25.9 Å². The summed E-state index contributed by atoms with van der Waals surface area (Å²) < 4.78 is 15.9. The highest BCUT2D eigenvalue weighted by Crippen LogP contribution is 2.30. The quantitative estimate of drug-likeness (QED) is 0.821. The smallest absolute Gasteiger partial charge is 0.127 e. The lowest BCUT2D eigenvalue weighted by Gasteiger charge is -2.22. The minimum atomic E-state index is -0.262. The summed E-state index contributed by atoms with van der Waals surface area (Å²) in [5.41, 5.74) is 0.989. The molecule has 114 valence electrons. The lowest BCUT2D eigenvalue weighted by atomic mass is 10.1. The van der Waals surface area contributed by atoms with E-state index in [1.54, 1.807) is 26.5 Å². The molecular weight excluding hydrogens is 270 g/mol. The summed E-state index contributed by atoms with van der Waals surface area (Å²) in [7, 11) is 3.25. The van der Waals surface area contributed by atoms with Crippen LogP contribution in [0.5, 0.6) is 11.5 Å². The molecule has 1 heterocycles. The van der Waals surface area contributed by atoms with Crippen LogP contribution in [0, 0.1) is 0 Å². The van der Waals surface area contributed by atoms with Crippen molar-refractivity contribution < 1.29 is 19.0 Å². The van der Waals surface area contributed by atoms with Gasteiger partial charge in [-0.3, -0.25) is 5.32 Å². The molecule has 1 aromatic carbocycles. The van der Waals surface area contributed by atoms with Crippen LogP contribution in [0.25, 0.3) is 0 Å². The van der Waals surface area contributed by atoms with E-state index in [-0.39, 0.29) is 18.7 Å². The fourth-order valence-corrected chi connectivity index (χ4v) is 2.28. The molecular formula is C16H21NO4. The Morgan fingerprint density at radius 1 is 1.24 bits per heavy atom. The number of hydrogen-bond acceptors (Lipinski definition) is 5. The largest absolute Gasteiger partial charge is 0.497 e. The van der Waals surface area contributed by atoms with Gasteiger partial charge in [0.05, 0.1) is 33.1 Å². The first-order valence-corrected chi connectivity index (χ1v) is 6.81. The number of aliphatic hydroxyl groups is 1. The van der Waals surface area contributed by atoms with Crippen LogP contribution in [0.3, 0.4) is 0 Å². The minimum absolute atomic E-state index is 0.0203. The molecule has 0 aliphatic rings. The number of rotatable bonds is 7. The van der Waals surface area contributed by atoms with E-state index in [0.29, 0.717) is 5.76 Å². The van der Waals surface area contributed by atoms with Gasteiger partial charge in [-0.25, -0.2) is 0 Å². The first kappa shape index (κ1) is 15.4. The average Bonchev–Trinajstić information content (AvgIpc) is 3.05. The maximum Gasteiger partial charge on any atom is 0.127 e. The molecule has 2 aromatic rings. The second-order valence-electron chi connectivity index (χ2n) is 4.75. The molecule has 0 radical (unpaired) electrons. The predicted molar refractivity (Wildman–Crippen MR) is 79.6 cm³/mol. The van der Waals surface area contributed by atoms with Crippen molar-refractivity contribution in [2.45, 2.75) is 19.0 Å². The molecule has 5 heteroatoms. The van der Waals surface area contributed by atoms with Gasteiger partial charge in [0.15, 0.2) is 0 Å². The van der Waals surface area contributed by atoms with E-state index in [1.165, 1.54) is 0 Å². The van der Waals surface area contributed by atoms with Crippen molar-refractivity contribution >= 4 is 0 Å². The first-order chi connectivity index (χ1) is 10.2. The molecule has 0 aliphatic carbocycles. The summed E-state index contributed by atoms with van der Waals surface area (Å²) in [6, 6.07) is 9.04. The Labute approximate surface area is 124 Å². The van der Waals surface area contributed by atoms with Gasteiger partial charge >= 0.3 is 0 Å². The van der Waals surface area contributed by atoms with Gasteiger partial charge in [0.25, 0.3) is 0 Å². The lowest BCUT2D eigenvalue weighted by molar-refractivity contribution is 0.216. The van der Waals surface area contributed by atoms with Gasteiger partial charge in [-0.2, -0.15) is 0 Å². The number of methoxy groups -OCH3 is 2. The number of aliphatic hydroxyl groups excluding tert-OH is 1. The predicted octanol–water partition coefficient (Wildman–Crippen LogP) is 2.68. The number of nitrogens with one attached hydrogen (secondary N) is 1. The second kappa shape index (κ2) is 7.15. The Balaban J connectivity index is 2.17. The third-order valence-electron chi connectivity index (χ3n) is 3.43. The van der Waals surface area contributed by atoms with Gasteiger partial charge in [-0.05, 0) is 25.1 Å². The number of benzene rings is 1. The standard InChI is InChI=1S/C16H21NO4/c1-11(17-14(10-18)15-5-4-8-21-15)13-7-6-12(19-2)9-16(13)20-3/h4-9,11,14,17-18H,10H2,1-3H3. The summed E-state index contributed by atoms with van der Waals surface area (Å²) in [6.45, 7) is 1.96. The van der Waals surface area contributed by atoms with Crippen LogP contribution in [0.1, 0.15) is 30.3 Å². The maximum absolute atomic E-state index is 9.53. The van der Waals surface area contributed by atoms with Gasteiger partial charge < -0.3 is 19.0 Å². The van der Waals surface area contributed by atoms with E-state index in [0.717, 1.165) is 17.1 Å². The number of hydrogen-bond donors (Lipinski definition) is 2. The third kappa shape index (κ3) is 3.56. The molecule has 2 unspecified atom stereocenters. The summed E-state index contributed by atoms with van der Waals surface area (Å²) >= 11 is 0. The van der Waals surface area contributed by atoms with E-state index in [9.17, 15) is 5.11 Å². The zero-order valence-electron chi connectivity index (χ0n) is 12.5. The first-order valence-electron chi connectivity index (χ1n) is 6.81. The molecule has 2 rings (SSSR count). The van der Waals surface area contributed by atoms with Crippen molar-refractivity contribution in [2.75, 3.05) is 20.8 Å². The molecule has 0 amide bonds. The molecule has 0 saturated heterocycles. The van der Waals surface area contributed by atoms with Crippen LogP contribution >= 0.6 is 0 Å². The summed E-state index contributed by atoms with van der Waals surface area (Å²) in [4.78, 5) is 0. The molecule has 0 bridgehead atoms. The molecule has 0 fully saturated rings. The van der Waals surface area contributed by atoms with Gasteiger partial charge in [0.2, 0.25) is 0 Å². The minimum Gasteiger partial charge on any atom is -0.497 e. The van der Waals surface area contributed by atoms with Crippen LogP contribution in [-0.2, 0) is 0 Å². The van der Waals surface area contributed by atoms with E-state index in [2.05, 4.69) is 5.32 Å². The Morgan fingerprint density at radius 3 is 2.62 bits per heavy atom. The fourth-order valence-electron chi connectivity index (χ4n) is 2.28. The topological polar surface area (TPSA) is 63.9 Å². The van der Waals surface area contributed by atoms with E-state index in [4.69, 9.17) is 13.9 Å². The molecule has 0 spiro atoms. The summed E-state index contributed by atoms with van der Waals surface area (Å²) in [5.74, 6) is 2.19. The van der Waals surface area contributed by atoms with Crippen molar-refractivity contribution in [3.8, 4) is 11.5 Å². The zero-order valence-corrected chi connectivity index (χ0v) is 12.5. The molecule has 5 nitrogen and oxygen atoms in total. The Morgan fingerprint density at radius 2 is 2.05 bits per heavy atom. The second-order valence-corrected chi connectivity index (χ2v) is 4.75. The van der Waals surface area contributed by atoms with E-state index < -0.39 is 0 Å². The van der Waals surface area contributed by atoms with Crippen molar-refractivity contribution in [3.05, 3.63) is 47.9 Å². The highest BCUT2D eigenvalue weighted by molar-refractivity contribution is 5.42. The van der Waals surface area contributed by atoms with Crippen LogP contribution in [0.4, 0.5) is 0 Å². The molecule has 1 aromatic heterocycles. The van der Waals surface area contributed by atoms with Crippen molar-refractivity contribution in [2.24, 2.45) is 0 Å². The lowest BCUT2D eigenvalue weighted by Crippen LogP contribution is -2.27. The average molecular weight is 291 g/mol. The summed E-state index contributed by atoms with van der Waals surface area (Å²) in [5, 5.41) is 12.9. The normalized spacial score (nSPS) is 13.7. The molecule has 2 N–H and O–H groups in total. The van der Waals surface area contributed by atoms with Gasteiger partial charge in [0.1, 0.15) is 17.3 Å². The fraction of sp³-hybridized carbons (Fsp3) is 0.375. The Hall–Kier alpha value is -1.98. The van der Waals surface area contributed by atoms with Gasteiger partial charge in [-0.15, -0.1) is 0 Å². The van der Waals surface area contributed by atoms with E-state index >= 15 is 0 Å². The summed E-state index contributed by atoms with van der Waals surface area (Å²) in [6.07, 6.45) is 1.60. The van der Waals surface area contributed by atoms with Crippen molar-refractivity contribution in [3.63, 3.8) is 0 Å². The highest BCUT2D eigenvalue weighted by Gasteiger charge is 2.19. The molecule has 0 aliphatic heterocycles. The Bertz CT molecular complexity index is 553. The molecule has 2 atom stereocenters. The Kier molecular flexibility index (Phi) is 5.25. The SMILES string of the molecule is COc1ccc(C(C)NC(CO)c2ccco2)c(OC)c1. The van der Waals surface area contributed by atoms with E-state index in [1.807, 2.05) is 31.2 Å². The van der Waals surface area contributed by atoms with Crippen molar-refractivity contribution in [1.82, 2.24) is 5.32 Å². The van der Waals surface area contributed by atoms with Crippen molar-refractivity contribution in [1.29, 1.82) is 0 Å². The molecule has 21 heavy (non-hydrogen) atoms. The third-order valence-corrected chi connectivity index (χ3v) is 3.43. The van der Waals surface area contributed by atoms with Crippen LogP contribution in [0.15, 0.2) is 41.0 Å². The van der Waals surface area contributed by atoms with Gasteiger partial charge in [-0.1, -0.05) is 6.07 Å². The molecule has 0 saturated carbocycles. The maximum atomic E-state index is 9.53.